The number of anilines is 1. The summed E-state index contributed by atoms with van der Waals surface area (Å²) in [7, 11) is 0. The van der Waals surface area contributed by atoms with E-state index in [9.17, 15) is 9.59 Å². The third-order valence-corrected chi connectivity index (χ3v) is 2.41. The van der Waals surface area contributed by atoms with Crippen LogP contribution in [-0.2, 0) is 4.79 Å². The minimum absolute atomic E-state index is 0.184. The van der Waals surface area contributed by atoms with E-state index in [1.54, 1.807) is 24.3 Å². The Morgan fingerprint density at radius 2 is 2.00 bits per heavy atom. The third-order valence-electron chi connectivity index (χ3n) is 1.90. The zero-order valence-corrected chi connectivity index (χ0v) is 10.5. The molecule has 0 heterocycles. The van der Waals surface area contributed by atoms with E-state index in [4.69, 9.17) is 0 Å². The average Bonchev–Trinajstić information content (AvgIpc) is 2.30. The molecule has 0 radical (unpaired) electrons. The summed E-state index contributed by atoms with van der Waals surface area (Å²) >= 11 is 3.05. The Balaban J connectivity index is 2.91. The van der Waals surface area contributed by atoms with Crippen molar-refractivity contribution in [3.05, 3.63) is 29.8 Å². The number of rotatable bonds is 4. The standard InChI is InChI=1S/C11H13BrN2O2/c1-2-13-11(16)8-5-3-4-6-9(8)14-10(15)7-12/h3-6H,2,7H2,1H3,(H,13,16)(H,14,15). The van der Waals surface area contributed by atoms with E-state index in [1.807, 2.05) is 6.92 Å². The van der Waals surface area contributed by atoms with Gasteiger partial charge in [0.15, 0.2) is 0 Å². The minimum Gasteiger partial charge on any atom is -0.352 e. The molecule has 0 atom stereocenters. The zero-order valence-electron chi connectivity index (χ0n) is 8.92. The molecule has 0 aromatic heterocycles. The second-order valence-corrected chi connectivity index (χ2v) is 3.65. The summed E-state index contributed by atoms with van der Waals surface area (Å²) in [4.78, 5) is 22.9. The van der Waals surface area contributed by atoms with E-state index in [2.05, 4.69) is 26.6 Å². The number of amides is 2. The van der Waals surface area contributed by atoms with Gasteiger partial charge < -0.3 is 10.6 Å². The largest absolute Gasteiger partial charge is 0.352 e. The molecule has 0 aliphatic carbocycles. The van der Waals surface area contributed by atoms with E-state index >= 15 is 0 Å². The van der Waals surface area contributed by atoms with Crippen LogP contribution in [0.15, 0.2) is 24.3 Å². The van der Waals surface area contributed by atoms with Crippen LogP contribution in [0.5, 0.6) is 0 Å². The Kier molecular flexibility index (Phi) is 4.98. The first-order valence-corrected chi connectivity index (χ1v) is 6.04. The maximum Gasteiger partial charge on any atom is 0.253 e. The van der Waals surface area contributed by atoms with Crippen LogP contribution in [0.3, 0.4) is 0 Å². The number of nitrogens with one attached hydrogen (secondary N) is 2. The molecule has 4 nitrogen and oxygen atoms in total. The van der Waals surface area contributed by atoms with Crippen LogP contribution in [0.4, 0.5) is 5.69 Å². The molecule has 0 bridgehead atoms. The van der Waals surface area contributed by atoms with E-state index in [0.29, 0.717) is 17.8 Å². The molecule has 2 N–H and O–H groups in total. The molecule has 0 saturated heterocycles. The first-order chi connectivity index (χ1) is 7.69. The van der Waals surface area contributed by atoms with Gasteiger partial charge in [-0.3, -0.25) is 9.59 Å². The normalized spacial score (nSPS) is 9.62. The van der Waals surface area contributed by atoms with Crippen molar-refractivity contribution in [1.29, 1.82) is 0 Å². The van der Waals surface area contributed by atoms with Crippen LogP contribution in [-0.4, -0.2) is 23.7 Å². The molecular formula is C11H13BrN2O2. The Morgan fingerprint density at radius 1 is 1.31 bits per heavy atom. The van der Waals surface area contributed by atoms with Crippen LogP contribution >= 0.6 is 15.9 Å². The summed E-state index contributed by atoms with van der Waals surface area (Å²) in [5, 5.41) is 5.55. The second kappa shape index (κ2) is 6.27. The Hall–Kier alpha value is -1.36. The van der Waals surface area contributed by atoms with Gasteiger partial charge in [-0.05, 0) is 19.1 Å². The van der Waals surface area contributed by atoms with Crippen LogP contribution in [0.25, 0.3) is 0 Å². The molecule has 2 amide bonds. The van der Waals surface area contributed by atoms with Gasteiger partial charge in [-0.15, -0.1) is 0 Å². The zero-order chi connectivity index (χ0) is 12.0. The van der Waals surface area contributed by atoms with Crippen molar-refractivity contribution < 1.29 is 9.59 Å². The maximum absolute atomic E-state index is 11.7. The lowest BCUT2D eigenvalue weighted by Crippen LogP contribution is -2.24. The van der Waals surface area contributed by atoms with Crippen LogP contribution in [0, 0.1) is 0 Å². The fraction of sp³-hybridized carbons (Fsp3) is 0.273. The Bertz CT molecular complexity index is 393. The predicted molar refractivity (Wildman–Crippen MR) is 66.9 cm³/mol. The number of benzene rings is 1. The highest BCUT2D eigenvalue weighted by molar-refractivity contribution is 9.09. The van der Waals surface area contributed by atoms with Gasteiger partial charge in [0.1, 0.15) is 0 Å². The number of hydrogen-bond acceptors (Lipinski definition) is 2. The first kappa shape index (κ1) is 12.7. The number of carbonyl (C=O) groups excluding carboxylic acids is 2. The molecule has 86 valence electrons. The Morgan fingerprint density at radius 3 is 2.62 bits per heavy atom. The van der Waals surface area contributed by atoms with Crippen molar-refractivity contribution in [3.63, 3.8) is 0 Å². The van der Waals surface area contributed by atoms with Gasteiger partial charge in [0, 0.05) is 6.54 Å². The lowest BCUT2D eigenvalue weighted by molar-refractivity contribution is -0.113. The van der Waals surface area contributed by atoms with Crippen molar-refractivity contribution in [2.45, 2.75) is 6.92 Å². The van der Waals surface area contributed by atoms with Gasteiger partial charge in [0.05, 0.1) is 16.6 Å². The predicted octanol–water partition coefficient (Wildman–Crippen LogP) is 1.77. The topological polar surface area (TPSA) is 58.2 Å². The lowest BCUT2D eigenvalue weighted by Gasteiger charge is -2.09. The highest BCUT2D eigenvalue weighted by atomic mass is 79.9. The molecule has 5 heteroatoms. The maximum atomic E-state index is 11.7. The highest BCUT2D eigenvalue weighted by Gasteiger charge is 2.11. The summed E-state index contributed by atoms with van der Waals surface area (Å²) in [5.41, 5.74) is 0.997. The van der Waals surface area contributed by atoms with E-state index in [-0.39, 0.29) is 17.1 Å². The van der Waals surface area contributed by atoms with Crippen LogP contribution < -0.4 is 10.6 Å². The fourth-order valence-electron chi connectivity index (χ4n) is 1.23. The number of para-hydroxylation sites is 1. The summed E-state index contributed by atoms with van der Waals surface area (Å²) in [6.07, 6.45) is 0. The number of carbonyl (C=O) groups is 2. The van der Waals surface area contributed by atoms with Crippen molar-refractivity contribution >= 4 is 33.4 Å². The smallest absolute Gasteiger partial charge is 0.253 e. The van der Waals surface area contributed by atoms with Gasteiger partial charge in [-0.25, -0.2) is 0 Å². The SMILES string of the molecule is CCNC(=O)c1ccccc1NC(=O)CBr. The average molecular weight is 285 g/mol. The van der Waals surface area contributed by atoms with Gasteiger partial charge >= 0.3 is 0 Å². The fourth-order valence-corrected chi connectivity index (χ4v) is 1.37. The molecule has 1 aromatic rings. The molecule has 1 rings (SSSR count). The van der Waals surface area contributed by atoms with Crippen molar-refractivity contribution in [2.24, 2.45) is 0 Å². The quantitative estimate of drug-likeness (QED) is 0.828. The Labute approximate surface area is 103 Å². The minimum atomic E-state index is -0.187. The first-order valence-electron chi connectivity index (χ1n) is 4.92. The van der Waals surface area contributed by atoms with E-state index in [0.717, 1.165) is 0 Å². The molecular weight excluding hydrogens is 272 g/mol. The molecule has 0 saturated carbocycles. The monoisotopic (exact) mass is 284 g/mol. The molecule has 0 unspecified atom stereocenters. The molecule has 0 fully saturated rings. The van der Waals surface area contributed by atoms with Gasteiger partial charge in [0.25, 0.3) is 5.91 Å². The van der Waals surface area contributed by atoms with Crippen molar-refractivity contribution in [2.75, 3.05) is 17.2 Å². The number of alkyl halides is 1. The second-order valence-electron chi connectivity index (χ2n) is 3.09. The third kappa shape index (κ3) is 3.34. The van der Waals surface area contributed by atoms with Gasteiger partial charge in [0.2, 0.25) is 5.91 Å². The van der Waals surface area contributed by atoms with Crippen molar-refractivity contribution in [3.8, 4) is 0 Å². The van der Waals surface area contributed by atoms with E-state index < -0.39 is 0 Å². The molecule has 0 spiro atoms. The van der Waals surface area contributed by atoms with Crippen LogP contribution in [0.1, 0.15) is 17.3 Å². The summed E-state index contributed by atoms with van der Waals surface area (Å²) in [6.45, 7) is 2.40. The number of halogens is 1. The van der Waals surface area contributed by atoms with E-state index in [1.165, 1.54) is 0 Å². The van der Waals surface area contributed by atoms with Crippen molar-refractivity contribution in [1.82, 2.24) is 5.32 Å². The lowest BCUT2D eigenvalue weighted by atomic mass is 10.1. The van der Waals surface area contributed by atoms with Crippen LogP contribution in [0.2, 0.25) is 0 Å². The molecule has 16 heavy (non-hydrogen) atoms. The van der Waals surface area contributed by atoms with Gasteiger partial charge in [-0.1, -0.05) is 28.1 Å². The van der Waals surface area contributed by atoms with Gasteiger partial charge in [-0.2, -0.15) is 0 Å². The molecule has 0 aliphatic rings. The highest BCUT2D eigenvalue weighted by Crippen LogP contribution is 2.14. The molecule has 1 aromatic carbocycles. The summed E-state index contributed by atoms with van der Waals surface area (Å²) in [6, 6.07) is 6.90. The summed E-state index contributed by atoms with van der Waals surface area (Å²) < 4.78 is 0. The number of hydrogen-bond donors (Lipinski definition) is 2. The summed E-state index contributed by atoms with van der Waals surface area (Å²) in [5.74, 6) is -0.371. The molecule has 0 aliphatic heterocycles.